The summed E-state index contributed by atoms with van der Waals surface area (Å²) in [5.74, 6) is 1.83. The SMILES string of the molecule is c1cc(-c2ccc(-c3ccc4ccccc4c3)cc2)cc(-c2nc(-c3cc4ccccc4c4ccccc34)nc(-c3cccc4oc5ccccc5c34)n2)c1. The van der Waals surface area contributed by atoms with Crippen molar-refractivity contribution < 1.29 is 4.42 Å². The molecule has 0 spiro atoms. The van der Waals surface area contributed by atoms with Crippen LogP contribution in [0.1, 0.15) is 0 Å². The van der Waals surface area contributed by atoms with E-state index in [0.717, 1.165) is 65.9 Å². The number of furan rings is 1. The zero-order valence-corrected chi connectivity index (χ0v) is 29.6. The lowest BCUT2D eigenvalue weighted by molar-refractivity contribution is 0.669. The number of hydrogen-bond donors (Lipinski definition) is 0. The topological polar surface area (TPSA) is 51.8 Å². The smallest absolute Gasteiger partial charge is 0.164 e. The number of hydrogen-bond acceptors (Lipinski definition) is 4. The Morgan fingerprint density at radius 3 is 1.67 bits per heavy atom. The third kappa shape index (κ3) is 5.34. The first kappa shape index (κ1) is 31.1. The van der Waals surface area contributed by atoms with Crippen LogP contribution in [0.5, 0.6) is 0 Å². The summed E-state index contributed by atoms with van der Waals surface area (Å²) in [4.78, 5) is 15.7. The van der Waals surface area contributed by atoms with Gasteiger partial charge in [0.15, 0.2) is 17.5 Å². The van der Waals surface area contributed by atoms with Gasteiger partial charge < -0.3 is 4.42 Å². The number of benzene rings is 9. The average molecular weight is 702 g/mol. The molecule has 0 aliphatic heterocycles. The molecule has 0 saturated heterocycles. The minimum atomic E-state index is 0.597. The molecular formula is C51H31N3O. The molecule has 0 aliphatic carbocycles. The Morgan fingerprint density at radius 1 is 0.291 bits per heavy atom. The maximum absolute atomic E-state index is 6.30. The normalized spacial score (nSPS) is 11.6. The zero-order valence-electron chi connectivity index (χ0n) is 29.6. The van der Waals surface area contributed by atoms with Gasteiger partial charge in [-0.25, -0.2) is 15.0 Å². The highest BCUT2D eigenvalue weighted by Crippen LogP contribution is 2.39. The number of fused-ring (bicyclic) bond motifs is 7. The van der Waals surface area contributed by atoms with Crippen LogP contribution in [0.15, 0.2) is 192 Å². The first-order chi connectivity index (χ1) is 27.2. The molecule has 0 bridgehead atoms. The van der Waals surface area contributed by atoms with E-state index in [-0.39, 0.29) is 0 Å². The van der Waals surface area contributed by atoms with Crippen LogP contribution in [0.3, 0.4) is 0 Å². The van der Waals surface area contributed by atoms with Crippen molar-refractivity contribution >= 4 is 54.3 Å². The molecule has 9 aromatic carbocycles. The second-order valence-corrected chi connectivity index (χ2v) is 14.0. The first-order valence-electron chi connectivity index (χ1n) is 18.5. The summed E-state index contributed by atoms with van der Waals surface area (Å²) >= 11 is 0. The van der Waals surface area contributed by atoms with E-state index in [2.05, 4.69) is 158 Å². The van der Waals surface area contributed by atoms with Gasteiger partial charge >= 0.3 is 0 Å². The van der Waals surface area contributed by atoms with Crippen molar-refractivity contribution in [3.63, 3.8) is 0 Å². The van der Waals surface area contributed by atoms with Crippen molar-refractivity contribution in [1.82, 2.24) is 15.0 Å². The Labute approximate surface area is 317 Å². The third-order valence-electron chi connectivity index (χ3n) is 10.7. The molecule has 0 N–H and O–H groups in total. The molecule has 0 unspecified atom stereocenters. The minimum absolute atomic E-state index is 0.597. The second-order valence-electron chi connectivity index (χ2n) is 14.0. The van der Waals surface area contributed by atoms with E-state index in [9.17, 15) is 0 Å². The second kappa shape index (κ2) is 12.6. The molecule has 256 valence electrons. The maximum atomic E-state index is 6.30. The van der Waals surface area contributed by atoms with Crippen LogP contribution in [0.2, 0.25) is 0 Å². The number of rotatable bonds is 5. The summed E-state index contributed by atoms with van der Waals surface area (Å²) in [6.07, 6.45) is 0. The van der Waals surface area contributed by atoms with Gasteiger partial charge in [-0.05, 0) is 84.9 Å². The van der Waals surface area contributed by atoms with Crippen LogP contribution in [-0.2, 0) is 0 Å². The van der Waals surface area contributed by atoms with Crippen LogP contribution in [-0.4, -0.2) is 15.0 Å². The van der Waals surface area contributed by atoms with Crippen molar-refractivity contribution in [3.8, 4) is 56.4 Å². The van der Waals surface area contributed by atoms with Crippen LogP contribution < -0.4 is 0 Å². The number of para-hydroxylation sites is 1. The molecule has 11 rings (SSSR count). The molecule has 2 aromatic heterocycles. The minimum Gasteiger partial charge on any atom is -0.456 e. The predicted molar refractivity (Wildman–Crippen MR) is 227 cm³/mol. The first-order valence-corrected chi connectivity index (χ1v) is 18.5. The van der Waals surface area contributed by atoms with Gasteiger partial charge in [0.1, 0.15) is 11.2 Å². The molecule has 11 aromatic rings. The lowest BCUT2D eigenvalue weighted by atomic mass is 9.96. The quantitative estimate of drug-likeness (QED) is 0.168. The van der Waals surface area contributed by atoms with Gasteiger partial charge in [-0.15, -0.1) is 0 Å². The van der Waals surface area contributed by atoms with Gasteiger partial charge in [-0.1, -0.05) is 158 Å². The highest BCUT2D eigenvalue weighted by molar-refractivity contribution is 6.14. The fraction of sp³-hybridized carbons (Fsp3) is 0. The van der Waals surface area contributed by atoms with Crippen molar-refractivity contribution in [2.75, 3.05) is 0 Å². The van der Waals surface area contributed by atoms with Gasteiger partial charge in [0.2, 0.25) is 0 Å². The van der Waals surface area contributed by atoms with Crippen molar-refractivity contribution in [2.45, 2.75) is 0 Å². The highest BCUT2D eigenvalue weighted by Gasteiger charge is 2.19. The monoisotopic (exact) mass is 701 g/mol. The van der Waals surface area contributed by atoms with Crippen molar-refractivity contribution in [3.05, 3.63) is 188 Å². The summed E-state index contributed by atoms with van der Waals surface area (Å²) in [7, 11) is 0. The molecule has 0 saturated carbocycles. The van der Waals surface area contributed by atoms with E-state index >= 15 is 0 Å². The summed E-state index contributed by atoms with van der Waals surface area (Å²) in [6, 6.07) is 65.9. The highest BCUT2D eigenvalue weighted by atomic mass is 16.3. The Hall–Kier alpha value is -7.43. The van der Waals surface area contributed by atoms with Crippen molar-refractivity contribution in [1.29, 1.82) is 0 Å². The molecule has 0 aliphatic rings. The Morgan fingerprint density at radius 2 is 0.855 bits per heavy atom. The van der Waals surface area contributed by atoms with E-state index < -0.39 is 0 Å². The largest absolute Gasteiger partial charge is 0.456 e. The Kier molecular flexibility index (Phi) is 7.14. The van der Waals surface area contributed by atoms with Crippen LogP contribution >= 0.6 is 0 Å². The van der Waals surface area contributed by atoms with Gasteiger partial charge in [0.25, 0.3) is 0 Å². The Bertz CT molecular complexity index is 3270. The number of nitrogens with zero attached hydrogens (tertiary/aromatic N) is 3. The van der Waals surface area contributed by atoms with Gasteiger partial charge in [0.05, 0.1) is 0 Å². The lowest BCUT2D eigenvalue weighted by Gasteiger charge is -2.13. The molecule has 55 heavy (non-hydrogen) atoms. The average Bonchev–Trinajstić information content (AvgIpc) is 3.65. The van der Waals surface area contributed by atoms with E-state index in [1.165, 1.54) is 27.3 Å². The summed E-state index contributed by atoms with van der Waals surface area (Å²) < 4.78 is 6.30. The lowest BCUT2D eigenvalue weighted by Crippen LogP contribution is -2.01. The summed E-state index contributed by atoms with van der Waals surface area (Å²) in [5, 5.41) is 9.09. The molecular weight excluding hydrogens is 671 g/mol. The van der Waals surface area contributed by atoms with E-state index in [1.54, 1.807) is 0 Å². The maximum Gasteiger partial charge on any atom is 0.164 e. The van der Waals surface area contributed by atoms with E-state index in [4.69, 9.17) is 19.4 Å². The van der Waals surface area contributed by atoms with E-state index in [1.807, 2.05) is 30.3 Å². The standard InChI is InChI=1S/C51H31N3O/c1-2-12-35-29-37(28-27-32(35)11-1)34-25-23-33(24-26-34)36-14-9-15-39(30-36)49-52-50(44-20-10-22-47-48(44)43-19-7-8-21-46(43)55-47)54-51(53-49)45-31-38-13-3-4-16-40(38)41-17-5-6-18-42(41)45/h1-31H. The van der Waals surface area contributed by atoms with Crippen molar-refractivity contribution in [2.24, 2.45) is 0 Å². The van der Waals surface area contributed by atoms with Crippen LogP contribution in [0, 0.1) is 0 Å². The van der Waals surface area contributed by atoms with Gasteiger partial charge in [-0.2, -0.15) is 0 Å². The van der Waals surface area contributed by atoms with Crippen LogP contribution in [0.25, 0.3) is 111 Å². The molecule has 4 heteroatoms. The molecule has 0 fully saturated rings. The molecule has 0 amide bonds. The molecule has 2 heterocycles. The predicted octanol–water partition coefficient (Wildman–Crippen LogP) is 13.6. The summed E-state index contributed by atoms with van der Waals surface area (Å²) in [5.41, 5.74) is 9.00. The third-order valence-corrected chi connectivity index (χ3v) is 10.7. The molecule has 4 nitrogen and oxygen atoms in total. The molecule has 0 atom stereocenters. The fourth-order valence-electron chi connectivity index (χ4n) is 8.01. The molecule has 0 radical (unpaired) electrons. The van der Waals surface area contributed by atoms with Gasteiger partial charge in [0, 0.05) is 27.5 Å². The number of aromatic nitrogens is 3. The fourth-order valence-corrected chi connectivity index (χ4v) is 8.01. The van der Waals surface area contributed by atoms with E-state index in [0.29, 0.717) is 17.5 Å². The summed E-state index contributed by atoms with van der Waals surface area (Å²) in [6.45, 7) is 0. The van der Waals surface area contributed by atoms with Crippen LogP contribution in [0.4, 0.5) is 0 Å². The van der Waals surface area contributed by atoms with Gasteiger partial charge in [-0.3, -0.25) is 0 Å². The Balaban J connectivity index is 1.08. The zero-order chi connectivity index (χ0) is 36.3.